The molecule has 1 fully saturated rings. The Morgan fingerprint density at radius 1 is 0.900 bits per heavy atom. The first-order chi connectivity index (χ1) is 18.8. The summed E-state index contributed by atoms with van der Waals surface area (Å²) in [6.45, 7) is 8.43. The first-order valence-electron chi connectivity index (χ1n) is 12.4. The molecule has 1 heterocycles. The second-order valence-corrected chi connectivity index (χ2v) is 9.49. The van der Waals surface area contributed by atoms with Crippen LogP contribution in [0, 0.1) is 13.8 Å². The van der Waals surface area contributed by atoms with Crippen LogP contribution >= 0.6 is 0 Å². The van der Waals surface area contributed by atoms with Crippen LogP contribution in [0.15, 0.2) is 66.7 Å². The highest BCUT2D eigenvalue weighted by atomic mass is 19.4. The predicted octanol–water partition coefficient (Wildman–Crippen LogP) is 5.60. The van der Waals surface area contributed by atoms with Crippen LogP contribution in [0.3, 0.4) is 0 Å². The van der Waals surface area contributed by atoms with Crippen molar-refractivity contribution in [2.45, 2.75) is 33.0 Å². The van der Waals surface area contributed by atoms with Gasteiger partial charge in [-0.2, -0.15) is 13.2 Å². The number of carboxylic acids is 2. The maximum atomic E-state index is 12.6. The Hall–Kier alpha value is -4.54. The van der Waals surface area contributed by atoms with Gasteiger partial charge in [0.15, 0.2) is 0 Å². The zero-order valence-corrected chi connectivity index (χ0v) is 22.2. The van der Waals surface area contributed by atoms with Gasteiger partial charge in [-0.3, -0.25) is 4.79 Å². The Bertz CT molecular complexity index is 1380. The number of hydrogen-bond acceptors (Lipinski definition) is 5. The number of alkyl halides is 3. The van der Waals surface area contributed by atoms with Gasteiger partial charge in [0.1, 0.15) is 0 Å². The van der Waals surface area contributed by atoms with Gasteiger partial charge in [0, 0.05) is 42.6 Å². The first-order valence-corrected chi connectivity index (χ1v) is 12.4. The number of aryl methyl sites for hydroxylation is 2. The van der Waals surface area contributed by atoms with E-state index in [1.807, 2.05) is 19.1 Å². The topological polar surface area (TPSA) is 110 Å². The lowest BCUT2D eigenvalue weighted by Crippen LogP contribution is -2.52. The average Bonchev–Trinajstić information content (AvgIpc) is 2.88. The summed E-state index contributed by atoms with van der Waals surface area (Å²) in [5, 5.41) is 19.8. The van der Waals surface area contributed by atoms with Crippen molar-refractivity contribution in [3.05, 3.63) is 89.0 Å². The van der Waals surface area contributed by atoms with E-state index in [0.29, 0.717) is 30.0 Å². The van der Waals surface area contributed by atoms with Gasteiger partial charge in [-0.25, -0.2) is 9.59 Å². The first kappa shape index (κ1) is 30.0. The molecule has 1 aliphatic heterocycles. The molecule has 11 heteroatoms. The van der Waals surface area contributed by atoms with E-state index in [4.69, 9.17) is 9.90 Å². The molecule has 3 aromatic carbocycles. The number of carbonyl (C=O) groups excluding carboxylic acids is 1. The van der Waals surface area contributed by atoms with Gasteiger partial charge < -0.3 is 25.3 Å². The summed E-state index contributed by atoms with van der Waals surface area (Å²) < 4.78 is 31.7. The molecule has 1 unspecified atom stereocenters. The second-order valence-electron chi connectivity index (χ2n) is 9.49. The molecule has 0 saturated carbocycles. The third-order valence-corrected chi connectivity index (χ3v) is 6.34. The van der Waals surface area contributed by atoms with Gasteiger partial charge in [0.05, 0.1) is 11.3 Å². The molecule has 1 aliphatic rings. The van der Waals surface area contributed by atoms with E-state index in [1.54, 1.807) is 30.3 Å². The highest BCUT2D eigenvalue weighted by Crippen LogP contribution is 2.29. The fraction of sp³-hybridized carbons (Fsp3) is 0.276. The van der Waals surface area contributed by atoms with Crippen molar-refractivity contribution in [3.8, 4) is 0 Å². The van der Waals surface area contributed by atoms with E-state index in [-0.39, 0.29) is 17.5 Å². The number of aromatic carboxylic acids is 1. The highest BCUT2D eigenvalue weighted by Gasteiger charge is 2.38. The second kappa shape index (κ2) is 12.5. The molecule has 0 bridgehead atoms. The molecular weight excluding hydrogens is 527 g/mol. The van der Waals surface area contributed by atoms with Gasteiger partial charge in [0.25, 0.3) is 5.91 Å². The summed E-state index contributed by atoms with van der Waals surface area (Å²) in [7, 11) is 0. The van der Waals surface area contributed by atoms with Crippen LogP contribution in [0.2, 0.25) is 0 Å². The minimum atomic E-state index is -5.08. The lowest BCUT2D eigenvalue weighted by Gasteiger charge is -2.42. The van der Waals surface area contributed by atoms with Crippen LogP contribution in [-0.2, 0) is 4.79 Å². The van der Waals surface area contributed by atoms with Crippen LogP contribution in [0.5, 0.6) is 0 Å². The average molecular weight is 558 g/mol. The Labute approximate surface area is 229 Å². The van der Waals surface area contributed by atoms with Crippen molar-refractivity contribution >= 4 is 34.9 Å². The van der Waals surface area contributed by atoms with Crippen LogP contribution < -0.4 is 15.1 Å². The number of piperazine rings is 1. The van der Waals surface area contributed by atoms with Crippen molar-refractivity contribution in [1.82, 2.24) is 0 Å². The SMILES string of the molecule is Cc1ccc(C(=O)Nc2ccc(N3CCN(c4cccc(C)c4)C(C)C3)c(C(=O)O)c2)cc1.O=C(O)C(F)(F)F. The minimum absolute atomic E-state index is 0.188. The Morgan fingerprint density at radius 2 is 1.55 bits per heavy atom. The number of benzene rings is 3. The number of nitrogens with one attached hydrogen (secondary N) is 1. The molecule has 3 N–H and O–H groups in total. The van der Waals surface area contributed by atoms with E-state index in [2.05, 4.69) is 53.2 Å². The lowest BCUT2D eigenvalue weighted by molar-refractivity contribution is -0.192. The summed E-state index contributed by atoms with van der Waals surface area (Å²) in [4.78, 5) is 38.0. The van der Waals surface area contributed by atoms with Crippen LogP contribution in [0.4, 0.5) is 30.2 Å². The van der Waals surface area contributed by atoms with Crippen molar-refractivity contribution in [2.75, 3.05) is 34.8 Å². The fourth-order valence-corrected chi connectivity index (χ4v) is 4.34. The summed E-state index contributed by atoms with van der Waals surface area (Å²) >= 11 is 0. The molecule has 4 rings (SSSR count). The van der Waals surface area contributed by atoms with Crippen molar-refractivity contribution in [1.29, 1.82) is 0 Å². The third kappa shape index (κ3) is 7.75. The van der Waals surface area contributed by atoms with Gasteiger partial charge in [-0.1, -0.05) is 29.8 Å². The number of anilines is 3. The molecule has 1 atom stereocenters. The summed E-state index contributed by atoms with van der Waals surface area (Å²) in [6, 6.07) is 21.0. The number of halogens is 3. The zero-order valence-electron chi connectivity index (χ0n) is 22.2. The minimum Gasteiger partial charge on any atom is -0.478 e. The zero-order chi connectivity index (χ0) is 29.6. The molecule has 212 valence electrons. The predicted molar refractivity (Wildman–Crippen MR) is 146 cm³/mol. The third-order valence-electron chi connectivity index (χ3n) is 6.34. The maximum Gasteiger partial charge on any atom is 0.490 e. The number of amides is 1. The van der Waals surface area contributed by atoms with E-state index in [0.717, 1.165) is 12.1 Å². The molecule has 0 aliphatic carbocycles. The van der Waals surface area contributed by atoms with E-state index >= 15 is 0 Å². The standard InChI is InChI=1S/C27H29N3O3.C2HF3O2/c1-18-7-9-21(10-8-18)26(31)28-22-11-12-25(24(16-22)27(32)33)29-13-14-30(20(3)17-29)23-6-4-5-19(2)15-23;3-2(4,5)1(6)7/h4-12,15-16,20H,13-14,17H2,1-3H3,(H,28,31)(H,32,33);(H,6,7). The van der Waals surface area contributed by atoms with Crippen molar-refractivity contribution in [2.24, 2.45) is 0 Å². The number of hydrogen-bond donors (Lipinski definition) is 3. The van der Waals surface area contributed by atoms with Crippen molar-refractivity contribution < 1.29 is 37.8 Å². The smallest absolute Gasteiger partial charge is 0.478 e. The van der Waals surface area contributed by atoms with Gasteiger partial charge in [-0.05, 0) is 68.8 Å². The molecule has 1 saturated heterocycles. The molecule has 1 amide bonds. The Kier molecular flexibility index (Phi) is 9.41. The Balaban J connectivity index is 0.000000559. The van der Waals surface area contributed by atoms with E-state index in [1.165, 1.54) is 11.3 Å². The molecule has 0 spiro atoms. The van der Waals surface area contributed by atoms with Gasteiger partial charge in [0.2, 0.25) is 0 Å². The molecule has 3 aromatic rings. The number of nitrogens with zero attached hydrogens (tertiary/aromatic N) is 2. The van der Waals surface area contributed by atoms with E-state index in [9.17, 15) is 27.9 Å². The lowest BCUT2D eigenvalue weighted by atomic mass is 10.1. The van der Waals surface area contributed by atoms with Gasteiger partial charge >= 0.3 is 18.1 Å². The maximum absolute atomic E-state index is 12.6. The molecular formula is C29H30F3N3O5. The van der Waals surface area contributed by atoms with Crippen LogP contribution in [-0.4, -0.2) is 59.9 Å². The monoisotopic (exact) mass is 557 g/mol. The quantitative estimate of drug-likeness (QED) is 0.375. The summed E-state index contributed by atoms with van der Waals surface area (Å²) in [6.07, 6.45) is -5.08. The normalized spacial score (nSPS) is 15.1. The number of carbonyl (C=O) groups is 3. The molecule has 8 nitrogen and oxygen atoms in total. The Morgan fingerprint density at radius 3 is 2.10 bits per heavy atom. The van der Waals surface area contributed by atoms with Crippen LogP contribution in [0.1, 0.15) is 38.8 Å². The van der Waals surface area contributed by atoms with Gasteiger partial charge in [-0.15, -0.1) is 0 Å². The van der Waals surface area contributed by atoms with Crippen LogP contribution in [0.25, 0.3) is 0 Å². The molecule has 0 aromatic heterocycles. The van der Waals surface area contributed by atoms with Crippen molar-refractivity contribution in [3.63, 3.8) is 0 Å². The fourth-order valence-electron chi connectivity index (χ4n) is 4.34. The summed E-state index contributed by atoms with van der Waals surface area (Å²) in [5.41, 5.74) is 5.34. The number of aliphatic carboxylic acids is 1. The van der Waals surface area contributed by atoms with E-state index < -0.39 is 18.1 Å². The molecule has 40 heavy (non-hydrogen) atoms. The molecule has 0 radical (unpaired) electrons. The summed E-state index contributed by atoms with van der Waals surface area (Å²) in [5.74, 6) is -4.03. The largest absolute Gasteiger partial charge is 0.490 e. The number of rotatable bonds is 5. The number of carboxylic acid groups (broad SMARTS) is 2. The highest BCUT2D eigenvalue weighted by molar-refractivity contribution is 6.05.